The number of nitrogens with zero attached hydrogens (tertiary/aromatic N) is 1. The Morgan fingerprint density at radius 3 is 2.79 bits per heavy atom. The number of amides is 1. The molecule has 1 aromatic heterocycles. The highest BCUT2D eigenvalue weighted by Gasteiger charge is 2.16. The van der Waals surface area contributed by atoms with Crippen molar-refractivity contribution in [1.29, 1.82) is 0 Å². The van der Waals surface area contributed by atoms with Crippen LogP contribution in [0.1, 0.15) is 28.9 Å². The van der Waals surface area contributed by atoms with E-state index in [1.807, 2.05) is 42.0 Å². The van der Waals surface area contributed by atoms with E-state index < -0.39 is 6.10 Å². The highest BCUT2D eigenvalue weighted by atomic mass is 35.5. The number of hydrogen-bond donors (Lipinski definition) is 2. The van der Waals surface area contributed by atoms with Crippen molar-refractivity contribution >= 4 is 28.4 Å². The number of aromatic nitrogens is 1. The molecule has 0 fully saturated rings. The topological polar surface area (TPSA) is 54.3 Å². The predicted molar refractivity (Wildman–Crippen MR) is 96.4 cm³/mol. The minimum Gasteiger partial charge on any atom is -0.387 e. The Labute approximate surface area is 145 Å². The standard InChI is InChI=1S/C19H19ClN2O2/c1-2-22-12-16(15-8-3-4-9-17(15)22)19(24)21-11-18(23)13-6-5-7-14(20)10-13/h3-10,12,18,23H,2,11H2,1H3,(H,21,24). The fraction of sp³-hybridized carbons (Fsp3) is 0.211. The van der Waals surface area contributed by atoms with Crippen LogP contribution in [0.2, 0.25) is 5.02 Å². The van der Waals surface area contributed by atoms with Crippen molar-refractivity contribution in [3.05, 3.63) is 70.9 Å². The first-order valence-corrected chi connectivity index (χ1v) is 8.27. The minimum atomic E-state index is -0.799. The third kappa shape index (κ3) is 3.30. The Kier molecular flexibility index (Phi) is 4.88. The molecule has 5 heteroatoms. The Morgan fingerprint density at radius 1 is 1.25 bits per heavy atom. The third-order valence-electron chi connectivity index (χ3n) is 4.06. The zero-order valence-electron chi connectivity index (χ0n) is 13.4. The van der Waals surface area contributed by atoms with E-state index in [1.165, 1.54) is 0 Å². The number of hydrogen-bond acceptors (Lipinski definition) is 2. The molecule has 1 atom stereocenters. The van der Waals surface area contributed by atoms with E-state index in [9.17, 15) is 9.90 Å². The average Bonchev–Trinajstić information content (AvgIpc) is 2.98. The second-order valence-corrected chi connectivity index (χ2v) is 6.06. The summed E-state index contributed by atoms with van der Waals surface area (Å²) in [5.41, 5.74) is 2.32. The van der Waals surface area contributed by atoms with Crippen LogP contribution in [0.25, 0.3) is 10.9 Å². The molecule has 1 heterocycles. The second-order valence-electron chi connectivity index (χ2n) is 5.63. The van der Waals surface area contributed by atoms with Crippen molar-refractivity contribution in [3.63, 3.8) is 0 Å². The second kappa shape index (κ2) is 7.07. The van der Waals surface area contributed by atoms with Gasteiger partial charge in [0, 0.05) is 35.2 Å². The number of aliphatic hydroxyl groups excluding tert-OH is 1. The number of fused-ring (bicyclic) bond motifs is 1. The van der Waals surface area contributed by atoms with E-state index in [0.29, 0.717) is 16.1 Å². The van der Waals surface area contributed by atoms with Crippen LogP contribution in [-0.4, -0.2) is 22.1 Å². The van der Waals surface area contributed by atoms with Crippen LogP contribution in [0.5, 0.6) is 0 Å². The molecule has 24 heavy (non-hydrogen) atoms. The predicted octanol–water partition coefficient (Wildman–Crippen LogP) is 3.78. The largest absolute Gasteiger partial charge is 0.387 e. The molecule has 0 aliphatic heterocycles. The Bertz CT molecular complexity index is 873. The van der Waals surface area contributed by atoms with E-state index in [-0.39, 0.29) is 12.5 Å². The van der Waals surface area contributed by atoms with Crippen LogP contribution in [0.3, 0.4) is 0 Å². The zero-order chi connectivity index (χ0) is 17.1. The van der Waals surface area contributed by atoms with E-state index >= 15 is 0 Å². The number of carbonyl (C=O) groups is 1. The molecule has 3 rings (SSSR count). The van der Waals surface area contributed by atoms with Gasteiger partial charge in [0.15, 0.2) is 0 Å². The van der Waals surface area contributed by atoms with Gasteiger partial charge in [-0.25, -0.2) is 0 Å². The van der Waals surface area contributed by atoms with Crippen LogP contribution >= 0.6 is 11.6 Å². The summed E-state index contributed by atoms with van der Waals surface area (Å²) in [7, 11) is 0. The summed E-state index contributed by atoms with van der Waals surface area (Å²) >= 11 is 5.93. The van der Waals surface area contributed by atoms with Crippen molar-refractivity contribution in [2.75, 3.05) is 6.54 Å². The number of carbonyl (C=O) groups excluding carboxylic acids is 1. The lowest BCUT2D eigenvalue weighted by Crippen LogP contribution is -2.28. The zero-order valence-corrected chi connectivity index (χ0v) is 14.1. The summed E-state index contributed by atoms with van der Waals surface area (Å²) < 4.78 is 2.04. The molecule has 0 bridgehead atoms. The molecule has 1 unspecified atom stereocenters. The van der Waals surface area contributed by atoms with Gasteiger partial charge in [-0.05, 0) is 30.7 Å². The van der Waals surface area contributed by atoms with Crippen molar-refractivity contribution in [2.24, 2.45) is 0 Å². The summed E-state index contributed by atoms with van der Waals surface area (Å²) in [5, 5.41) is 14.5. The molecule has 2 aromatic carbocycles. The highest BCUT2D eigenvalue weighted by molar-refractivity contribution is 6.30. The Morgan fingerprint density at radius 2 is 2.04 bits per heavy atom. The monoisotopic (exact) mass is 342 g/mol. The van der Waals surface area contributed by atoms with Gasteiger partial charge in [-0.15, -0.1) is 0 Å². The van der Waals surface area contributed by atoms with Crippen molar-refractivity contribution < 1.29 is 9.90 Å². The van der Waals surface area contributed by atoms with Crippen molar-refractivity contribution in [3.8, 4) is 0 Å². The van der Waals surface area contributed by atoms with Gasteiger partial charge in [0.05, 0.1) is 11.7 Å². The van der Waals surface area contributed by atoms with Crippen LogP contribution in [0.4, 0.5) is 0 Å². The Hall–Kier alpha value is -2.30. The van der Waals surface area contributed by atoms with Gasteiger partial charge in [-0.3, -0.25) is 4.79 Å². The van der Waals surface area contributed by atoms with Gasteiger partial charge in [0.25, 0.3) is 5.91 Å². The number of aliphatic hydroxyl groups is 1. The first kappa shape index (κ1) is 16.6. The lowest BCUT2D eigenvalue weighted by molar-refractivity contribution is 0.0918. The number of nitrogens with one attached hydrogen (secondary N) is 1. The van der Waals surface area contributed by atoms with E-state index in [0.717, 1.165) is 17.4 Å². The average molecular weight is 343 g/mol. The quantitative estimate of drug-likeness (QED) is 0.741. The summed E-state index contributed by atoms with van der Waals surface area (Å²) in [6, 6.07) is 14.8. The van der Waals surface area contributed by atoms with Crippen molar-refractivity contribution in [2.45, 2.75) is 19.6 Å². The molecular formula is C19H19ClN2O2. The van der Waals surface area contributed by atoms with Gasteiger partial charge in [0.2, 0.25) is 0 Å². The molecule has 2 N–H and O–H groups in total. The van der Waals surface area contributed by atoms with E-state index in [2.05, 4.69) is 5.32 Å². The fourth-order valence-electron chi connectivity index (χ4n) is 2.81. The third-order valence-corrected chi connectivity index (χ3v) is 4.30. The number of para-hydroxylation sites is 1. The van der Waals surface area contributed by atoms with Crippen LogP contribution in [0, 0.1) is 0 Å². The summed E-state index contributed by atoms with van der Waals surface area (Å²) in [6.45, 7) is 2.96. The summed E-state index contributed by atoms with van der Waals surface area (Å²) in [6.07, 6.45) is 1.05. The van der Waals surface area contributed by atoms with Gasteiger partial charge < -0.3 is 15.0 Å². The lowest BCUT2D eigenvalue weighted by atomic mass is 10.1. The normalized spacial score (nSPS) is 12.3. The molecule has 0 aliphatic rings. The SMILES string of the molecule is CCn1cc(C(=O)NCC(O)c2cccc(Cl)c2)c2ccccc21. The molecule has 4 nitrogen and oxygen atoms in total. The molecule has 124 valence electrons. The maximum Gasteiger partial charge on any atom is 0.253 e. The maximum absolute atomic E-state index is 12.5. The molecule has 0 aliphatic carbocycles. The van der Waals surface area contributed by atoms with Gasteiger partial charge >= 0.3 is 0 Å². The van der Waals surface area contributed by atoms with Crippen molar-refractivity contribution in [1.82, 2.24) is 9.88 Å². The fourth-order valence-corrected chi connectivity index (χ4v) is 3.00. The molecule has 0 saturated carbocycles. The summed E-state index contributed by atoms with van der Waals surface area (Å²) in [4.78, 5) is 12.5. The minimum absolute atomic E-state index is 0.130. The molecule has 0 spiro atoms. The molecule has 0 saturated heterocycles. The van der Waals surface area contributed by atoms with Crippen LogP contribution < -0.4 is 5.32 Å². The van der Waals surface area contributed by atoms with E-state index in [1.54, 1.807) is 24.3 Å². The van der Waals surface area contributed by atoms with Crippen LogP contribution in [0.15, 0.2) is 54.7 Å². The highest BCUT2D eigenvalue weighted by Crippen LogP contribution is 2.22. The maximum atomic E-state index is 12.5. The number of aryl methyl sites for hydroxylation is 1. The molecule has 0 radical (unpaired) electrons. The van der Waals surface area contributed by atoms with Gasteiger partial charge in [0.1, 0.15) is 0 Å². The first-order chi connectivity index (χ1) is 11.6. The molecular weight excluding hydrogens is 324 g/mol. The smallest absolute Gasteiger partial charge is 0.253 e. The van der Waals surface area contributed by atoms with E-state index in [4.69, 9.17) is 11.6 Å². The molecule has 1 amide bonds. The number of halogens is 1. The Balaban J connectivity index is 1.76. The summed E-state index contributed by atoms with van der Waals surface area (Å²) in [5.74, 6) is -0.195. The van der Waals surface area contributed by atoms with Crippen LogP contribution in [-0.2, 0) is 6.54 Å². The molecule has 3 aromatic rings. The van der Waals surface area contributed by atoms with Gasteiger partial charge in [-0.1, -0.05) is 41.9 Å². The number of rotatable bonds is 5. The lowest BCUT2D eigenvalue weighted by Gasteiger charge is -2.12. The number of benzene rings is 2. The van der Waals surface area contributed by atoms with Gasteiger partial charge in [-0.2, -0.15) is 0 Å². The first-order valence-electron chi connectivity index (χ1n) is 7.89.